The summed E-state index contributed by atoms with van der Waals surface area (Å²) in [5.74, 6) is 0.00641. The fraction of sp³-hybridized carbons (Fsp3) is 0.111. The molecule has 0 bridgehead atoms. The van der Waals surface area contributed by atoms with Gasteiger partial charge in [-0.1, -0.05) is 35.9 Å². The van der Waals surface area contributed by atoms with E-state index in [1.54, 1.807) is 24.4 Å². The zero-order valence-corrected chi connectivity index (χ0v) is 13.1. The van der Waals surface area contributed by atoms with Crippen molar-refractivity contribution >= 4 is 17.6 Å². The molecule has 0 saturated carbocycles. The van der Waals surface area contributed by atoms with Crippen LogP contribution in [0.4, 0.5) is 0 Å². The van der Waals surface area contributed by atoms with Gasteiger partial charge in [0.1, 0.15) is 5.82 Å². The second-order valence-corrected chi connectivity index (χ2v) is 5.72. The molecule has 1 aromatic heterocycles. The van der Waals surface area contributed by atoms with Gasteiger partial charge in [-0.2, -0.15) is 0 Å². The van der Waals surface area contributed by atoms with Crippen LogP contribution in [0.3, 0.4) is 0 Å². The average molecular weight is 327 g/mol. The summed E-state index contributed by atoms with van der Waals surface area (Å²) in [7, 11) is 0. The molecule has 1 heterocycles. The highest BCUT2D eigenvalue weighted by Gasteiger charge is 2.07. The second kappa shape index (κ2) is 6.67. The zero-order chi connectivity index (χ0) is 16.2. The number of rotatable bonds is 5. The Kier molecular flexibility index (Phi) is 4.44. The van der Waals surface area contributed by atoms with Crippen LogP contribution in [0.15, 0.2) is 60.9 Å². The molecule has 0 spiro atoms. The van der Waals surface area contributed by atoms with Crippen molar-refractivity contribution in [2.24, 2.45) is 0 Å². The monoisotopic (exact) mass is 326 g/mol. The highest BCUT2D eigenvalue weighted by atomic mass is 35.5. The van der Waals surface area contributed by atoms with Crippen molar-refractivity contribution in [1.29, 1.82) is 0 Å². The van der Waals surface area contributed by atoms with Gasteiger partial charge in [-0.3, -0.25) is 0 Å². The molecule has 0 aliphatic heterocycles. The van der Waals surface area contributed by atoms with Crippen molar-refractivity contribution in [2.45, 2.75) is 13.0 Å². The third-order valence-electron chi connectivity index (χ3n) is 3.60. The van der Waals surface area contributed by atoms with Crippen LogP contribution in [0.25, 0.3) is 0 Å². The first-order chi connectivity index (χ1) is 11.1. The minimum atomic E-state index is -0.918. The molecule has 3 aromatic rings. The van der Waals surface area contributed by atoms with E-state index in [2.05, 4.69) is 4.98 Å². The summed E-state index contributed by atoms with van der Waals surface area (Å²) in [4.78, 5) is 15.5. The molecule has 0 fully saturated rings. The van der Waals surface area contributed by atoms with Crippen LogP contribution < -0.4 is 0 Å². The maximum absolute atomic E-state index is 11.1. The standard InChI is InChI=1S/C18H15ClN2O2/c19-16-6-4-13(5-7-16)11-17-20-8-9-21(17)12-14-2-1-3-15(10-14)18(22)23/h1-10H,11-12H2,(H,22,23). The summed E-state index contributed by atoms with van der Waals surface area (Å²) in [5.41, 5.74) is 2.35. The minimum Gasteiger partial charge on any atom is -0.478 e. The highest BCUT2D eigenvalue weighted by molar-refractivity contribution is 6.30. The molecule has 3 rings (SSSR count). The molecule has 0 saturated heterocycles. The Morgan fingerprint density at radius 2 is 1.91 bits per heavy atom. The van der Waals surface area contributed by atoms with Gasteiger partial charge in [0, 0.05) is 30.4 Å². The molecule has 0 atom stereocenters. The zero-order valence-electron chi connectivity index (χ0n) is 12.3. The summed E-state index contributed by atoms with van der Waals surface area (Å²) in [6.45, 7) is 0.587. The van der Waals surface area contributed by atoms with E-state index in [0.29, 0.717) is 23.6 Å². The van der Waals surface area contributed by atoms with Gasteiger partial charge in [0.15, 0.2) is 0 Å². The third-order valence-corrected chi connectivity index (χ3v) is 3.86. The van der Waals surface area contributed by atoms with Crippen LogP contribution in [0.1, 0.15) is 27.3 Å². The first kappa shape index (κ1) is 15.3. The van der Waals surface area contributed by atoms with Crippen molar-refractivity contribution < 1.29 is 9.90 Å². The van der Waals surface area contributed by atoms with Crippen molar-refractivity contribution in [3.8, 4) is 0 Å². The van der Waals surface area contributed by atoms with Gasteiger partial charge in [0.25, 0.3) is 0 Å². The normalized spacial score (nSPS) is 10.7. The van der Waals surface area contributed by atoms with E-state index in [-0.39, 0.29) is 0 Å². The maximum atomic E-state index is 11.1. The van der Waals surface area contributed by atoms with Gasteiger partial charge in [0.2, 0.25) is 0 Å². The largest absolute Gasteiger partial charge is 0.478 e. The van der Waals surface area contributed by atoms with E-state index in [9.17, 15) is 4.79 Å². The van der Waals surface area contributed by atoms with Crippen LogP contribution in [0.5, 0.6) is 0 Å². The van der Waals surface area contributed by atoms with Crippen molar-refractivity contribution in [3.05, 3.63) is 88.5 Å². The molecule has 0 amide bonds. The topological polar surface area (TPSA) is 55.1 Å². The summed E-state index contributed by atoms with van der Waals surface area (Å²) >= 11 is 5.90. The van der Waals surface area contributed by atoms with Gasteiger partial charge in [-0.05, 0) is 35.4 Å². The SMILES string of the molecule is O=C(O)c1cccc(Cn2ccnc2Cc2ccc(Cl)cc2)c1. The molecule has 4 nitrogen and oxygen atoms in total. The molecular weight excluding hydrogens is 312 g/mol. The number of carboxylic acid groups (broad SMARTS) is 1. The third kappa shape index (κ3) is 3.79. The Bertz CT molecular complexity index is 825. The predicted octanol–water partition coefficient (Wildman–Crippen LogP) is 3.87. The molecule has 2 aromatic carbocycles. The van der Waals surface area contributed by atoms with Crippen LogP contribution in [-0.2, 0) is 13.0 Å². The molecule has 0 aliphatic rings. The number of carboxylic acids is 1. The highest BCUT2D eigenvalue weighted by Crippen LogP contribution is 2.14. The first-order valence-electron chi connectivity index (χ1n) is 7.18. The fourth-order valence-corrected chi connectivity index (χ4v) is 2.56. The molecule has 0 unspecified atom stereocenters. The van der Waals surface area contributed by atoms with Crippen LogP contribution in [0, 0.1) is 0 Å². The minimum absolute atomic E-state index is 0.293. The van der Waals surface area contributed by atoms with E-state index in [4.69, 9.17) is 16.7 Å². The van der Waals surface area contributed by atoms with Gasteiger partial charge in [-0.15, -0.1) is 0 Å². The van der Waals surface area contributed by atoms with Gasteiger partial charge < -0.3 is 9.67 Å². The quantitative estimate of drug-likeness (QED) is 0.774. The molecule has 5 heteroatoms. The average Bonchev–Trinajstić information content (AvgIpc) is 2.97. The number of carbonyl (C=O) groups is 1. The maximum Gasteiger partial charge on any atom is 0.335 e. The summed E-state index contributed by atoms with van der Waals surface area (Å²) in [5, 5.41) is 9.79. The van der Waals surface area contributed by atoms with Crippen LogP contribution >= 0.6 is 11.6 Å². The fourth-order valence-electron chi connectivity index (χ4n) is 2.44. The van der Waals surface area contributed by atoms with Crippen LogP contribution in [0.2, 0.25) is 5.02 Å². The van der Waals surface area contributed by atoms with Gasteiger partial charge in [0.05, 0.1) is 5.56 Å². The number of hydrogen-bond acceptors (Lipinski definition) is 2. The van der Waals surface area contributed by atoms with E-state index < -0.39 is 5.97 Å². The lowest BCUT2D eigenvalue weighted by atomic mass is 10.1. The number of aromatic nitrogens is 2. The van der Waals surface area contributed by atoms with E-state index in [0.717, 1.165) is 17.0 Å². The van der Waals surface area contributed by atoms with Crippen LogP contribution in [-0.4, -0.2) is 20.6 Å². The molecule has 0 aliphatic carbocycles. The number of hydrogen-bond donors (Lipinski definition) is 1. The predicted molar refractivity (Wildman–Crippen MR) is 89.0 cm³/mol. The molecular formula is C18H15ClN2O2. The molecule has 23 heavy (non-hydrogen) atoms. The van der Waals surface area contributed by atoms with Crippen molar-refractivity contribution in [1.82, 2.24) is 9.55 Å². The number of halogens is 1. The Morgan fingerprint density at radius 3 is 2.65 bits per heavy atom. The van der Waals surface area contributed by atoms with E-state index >= 15 is 0 Å². The molecule has 1 N–H and O–H groups in total. The van der Waals surface area contributed by atoms with Gasteiger partial charge in [-0.25, -0.2) is 9.78 Å². The lowest BCUT2D eigenvalue weighted by molar-refractivity contribution is 0.0696. The second-order valence-electron chi connectivity index (χ2n) is 5.28. The smallest absolute Gasteiger partial charge is 0.335 e. The lowest BCUT2D eigenvalue weighted by Crippen LogP contribution is -2.06. The number of benzene rings is 2. The summed E-state index contributed by atoms with van der Waals surface area (Å²) in [6, 6.07) is 14.6. The Labute approximate surface area is 139 Å². The summed E-state index contributed by atoms with van der Waals surface area (Å²) in [6.07, 6.45) is 4.35. The Hall–Kier alpha value is -2.59. The van der Waals surface area contributed by atoms with E-state index in [1.807, 2.05) is 41.1 Å². The summed E-state index contributed by atoms with van der Waals surface area (Å²) < 4.78 is 2.02. The Morgan fingerprint density at radius 1 is 1.13 bits per heavy atom. The first-order valence-corrected chi connectivity index (χ1v) is 7.56. The van der Waals surface area contributed by atoms with Gasteiger partial charge >= 0.3 is 5.97 Å². The number of aromatic carboxylic acids is 1. The lowest BCUT2D eigenvalue weighted by Gasteiger charge is -2.09. The Balaban J connectivity index is 1.79. The van der Waals surface area contributed by atoms with E-state index in [1.165, 1.54) is 0 Å². The van der Waals surface area contributed by atoms with Crippen molar-refractivity contribution in [2.75, 3.05) is 0 Å². The molecule has 0 radical (unpaired) electrons. The van der Waals surface area contributed by atoms with Crippen molar-refractivity contribution in [3.63, 3.8) is 0 Å². The number of nitrogens with zero attached hydrogens (tertiary/aromatic N) is 2. The number of imidazole rings is 1. The molecule has 116 valence electrons.